The van der Waals surface area contributed by atoms with Gasteiger partial charge < -0.3 is 19.1 Å². The summed E-state index contributed by atoms with van der Waals surface area (Å²) in [5.41, 5.74) is 2.38. The molecule has 168 valence electrons. The first-order chi connectivity index (χ1) is 16.0. The number of ether oxygens (including phenoxy) is 1. The van der Waals surface area contributed by atoms with E-state index >= 15 is 0 Å². The number of aromatic carboxylic acids is 1. The Balaban J connectivity index is 1.61. The quantitative estimate of drug-likeness (QED) is 0.496. The van der Waals surface area contributed by atoms with E-state index < -0.39 is 5.97 Å². The van der Waals surface area contributed by atoms with Gasteiger partial charge in [-0.15, -0.1) is 0 Å². The highest BCUT2D eigenvalue weighted by atomic mass is 32.2. The summed E-state index contributed by atoms with van der Waals surface area (Å²) >= 11 is 1.28. The summed E-state index contributed by atoms with van der Waals surface area (Å²) in [5.74, 6) is -0.303. The zero-order chi connectivity index (χ0) is 23.4. The number of amides is 1. The predicted molar refractivity (Wildman–Crippen MR) is 126 cm³/mol. The number of thioether (sulfide) groups is 1. The van der Waals surface area contributed by atoms with Crippen molar-refractivity contribution in [3.05, 3.63) is 82.5 Å². The average molecular weight is 462 g/mol. The Morgan fingerprint density at radius 2 is 1.97 bits per heavy atom. The molecule has 0 N–H and O–H groups in total. The molecule has 0 aliphatic carbocycles. The molecule has 2 aromatic carbocycles. The maximum atomic E-state index is 13.0. The van der Waals surface area contributed by atoms with Crippen molar-refractivity contribution in [3.63, 3.8) is 0 Å². The lowest BCUT2D eigenvalue weighted by Gasteiger charge is -2.14. The summed E-state index contributed by atoms with van der Waals surface area (Å²) in [6.45, 7) is 2.58. The molecule has 1 saturated heterocycles. The van der Waals surface area contributed by atoms with Crippen molar-refractivity contribution < 1.29 is 23.8 Å². The number of carbonyl (C=O) groups is 2. The van der Waals surface area contributed by atoms with E-state index in [0.717, 1.165) is 16.8 Å². The summed E-state index contributed by atoms with van der Waals surface area (Å²) in [5, 5.41) is 11.6. The largest absolute Gasteiger partial charge is 0.545 e. The normalized spacial score (nSPS) is 16.2. The van der Waals surface area contributed by atoms with Crippen LogP contribution >= 0.6 is 11.8 Å². The van der Waals surface area contributed by atoms with Crippen LogP contribution in [0.3, 0.4) is 0 Å². The Bertz CT molecular complexity index is 1250. The number of nitrogens with zero attached hydrogens (tertiary/aromatic N) is 2. The summed E-state index contributed by atoms with van der Waals surface area (Å²) in [7, 11) is 1.59. The van der Waals surface area contributed by atoms with Crippen LogP contribution in [0.25, 0.3) is 17.4 Å². The molecule has 0 saturated carbocycles. The molecule has 33 heavy (non-hydrogen) atoms. The van der Waals surface area contributed by atoms with Gasteiger partial charge in [0.15, 0.2) is 5.17 Å². The van der Waals surface area contributed by atoms with Crippen LogP contribution in [0, 0.1) is 6.92 Å². The van der Waals surface area contributed by atoms with Crippen molar-refractivity contribution in [2.24, 2.45) is 4.99 Å². The zero-order valence-corrected chi connectivity index (χ0v) is 18.9. The van der Waals surface area contributed by atoms with Gasteiger partial charge in [-0.3, -0.25) is 9.69 Å². The number of carbonyl (C=O) groups excluding carboxylic acids is 2. The van der Waals surface area contributed by atoms with E-state index in [1.807, 2.05) is 30.3 Å². The molecule has 4 rings (SSSR count). The van der Waals surface area contributed by atoms with E-state index in [9.17, 15) is 14.7 Å². The molecule has 1 aliphatic heterocycles. The molecule has 8 heteroatoms. The number of para-hydroxylation sites is 1. The minimum absolute atomic E-state index is 0.111. The number of aliphatic imine (C=N–C) groups is 1. The van der Waals surface area contributed by atoms with Gasteiger partial charge in [0, 0.05) is 18.7 Å². The molecule has 0 atom stereocenters. The van der Waals surface area contributed by atoms with Gasteiger partial charge in [-0.1, -0.05) is 30.3 Å². The molecule has 3 aromatic rings. The standard InChI is InChI=1S/C25H22N2O5S/c1-16-14-17(24(29)30)8-10-20(16)21-11-9-19(32-21)15-22-23(28)27(12-13-31-2)25(33-22)26-18-6-4-3-5-7-18/h3-11,14-15H,12-13H2,1-2H3,(H,29,30)/p-1/b22-15-,26-25?. The lowest BCUT2D eigenvalue weighted by Crippen LogP contribution is -2.32. The summed E-state index contributed by atoms with van der Waals surface area (Å²) in [4.78, 5) is 30.8. The monoisotopic (exact) mass is 461 g/mol. The van der Waals surface area contributed by atoms with Crippen LogP contribution < -0.4 is 5.11 Å². The van der Waals surface area contributed by atoms with Crippen LogP contribution in [0.15, 0.2) is 75.0 Å². The molecule has 7 nitrogen and oxygen atoms in total. The SMILES string of the molecule is COCCN1C(=O)/C(=C/c2ccc(-c3ccc(C(=O)[O-])cc3C)o2)SC1=Nc1ccccc1. The Labute approximate surface area is 195 Å². The second kappa shape index (κ2) is 9.89. The summed E-state index contributed by atoms with van der Waals surface area (Å²) < 4.78 is 11.1. The second-order valence-electron chi connectivity index (χ2n) is 7.31. The van der Waals surface area contributed by atoms with E-state index in [1.165, 1.54) is 17.8 Å². The first kappa shape index (κ1) is 22.6. The fraction of sp³-hybridized carbons (Fsp3) is 0.160. The van der Waals surface area contributed by atoms with Crippen molar-refractivity contribution in [2.45, 2.75) is 6.92 Å². The van der Waals surface area contributed by atoms with Crippen molar-refractivity contribution in [3.8, 4) is 11.3 Å². The van der Waals surface area contributed by atoms with Crippen LogP contribution in [-0.4, -0.2) is 42.2 Å². The number of carboxylic acids is 1. The maximum Gasteiger partial charge on any atom is 0.266 e. The van der Waals surface area contributed by atoms with Crippen molar-refractivity contribution in [2.75, 3.05) is 20.3 Å². The van der Waals surface area contributed by atoms with Gasteiger partial charge >= 0.3 is 0 Å². The van der Waals surface area contributed by atoms with Gasteiger partial charge in [-0.05, 0) is 60.1 Å². The van der Waals surface area contributed by atoms with Crippen LogP contribution in [0.4, 0.5) is 5.69 Å². The first-order valence-corrected chi connectivity index (χ1v) is 11.0. The molecular weight excluding hydrogens is 440 g/mol. The molecule has 0 unspecified atom stereocenters. The number of aryl methyl sites for hydroxylation is 1. The van der Waals surface area contributed by atoms with Gasteiger partial charge in [0.1, 0.15) is 11.5 Å². The maximum absolute atomic E-state index is 13.0. The highest BCUT2D eigenvalue weighted by Crippen LogP contribution is 2.35. The minimum atomic E-state index is -1.22. The number of furan rings is 1. The number of benzene rings is 2. The Hall–Kier alpha value is -3.62. The Morgan fingerprint density at radius 3 is 2.67 bits per heavy atom. The molecule has 0 bridgehead atoms. The third-order valence-electron chi connectivity index (χ3n) is 5.02. The van der Waals surface area contributed by atoms with E-state index in [0.29, 0.717) is 34.7 Å². The molecular formula is C25H21N2O5S-. The Morgan fingerprint density at radius 1 is 1.18 bits per heavy atom. The molecule has 1 fully saturated rings. The molecule has 0 spiro atoms. The fourth-order valence-electron chi connectivity index (χ4n) is 3.36. The lowest BCUT2D eigenvalue weighted by molar-refractivity contribution is -0.255. The smallest absolute Gasteiger partial charge is 0.266 e. The van der Waals surface area contributed by atoms with Gasteiger partial charge in [0.2, 0.25) is 0 Å². The average Bonchev–Trinajstić information content (AvgIpc) is 3.38. The van der Waals surface area contributed by atoms with Crippen molar-refractivity contribution >= 4 is 40.6 Å². The van der Waals surface area contributed by atoms with Crippen LogP contribution in [-0.2, 0) is 9.53 Å². The fourth-order valence-corrected chi connectivity index (χ4v) is 4.36. The number of methoxy groups -OCH3 is 1. The van der Waals surface area contributed by atoms with Gasteiger partial charge in [-0.2, -0.15) is 0 Å². The summed E-state index contributed by atoms with van der Waals surface area (Å²) in [6.07, 6.45) is 1.69. The molecule has 2 heterocycles. The molecule has 0 radical (unpaired) electrons. The molecule has 1 aliphatic rings. The van der Waals surface area contributed by atoms with Crippen molar-refractivity contribution in [1.29, 1.82) is 0 Å². The number of carboxylic acid groups (broad SMARTS) is 1. The highest BCUT2D eigenvalue weighted by molar-refractivity contribution is 8.18. The van der Waals surface area contributed by atoms with Crippen LogP contribution in [0.2, 0.25) is 0 Å². The number of hydrogen-bond acceptors (Lipinski definition) is 7. The highest BCUT2D eigenvalue weighted by Gasteiger charge is 2.33. The van der Waals surface area contributed by atoms with E-state index in [2.05, 4.69) is 4.99 Å². The number of amidine groups is 1. The predicted octanol–water partition coefficient (Wildman–Crippen LogP) is 3.87. The van der Waals surface area contributed by atoms with Crippen molar-refractivity contribution in [1.82, 2.24) is 4.90 Å². The minimum Gasteiger partial charge on any atom is -0.545 e. The first-order valence-electron chi connectivity index (χ1n) is 10.2. The zero-order valence-electron chi connectivity index (χ0n) is 18.1. The lowest BCUT2D eigenvalue weighted by atomic mass is 10.0. The Kier molecular flexibility index (Phi) is 6.76. The van der Waals surface area contributed by atoms with Gasteiger partial charge in [0.25, 0.3) is 5.91 Å². The van der Waals surface area contributed by atoms with Crippen LogP contribution in [0.5, 0.6) is 0 Å². The summed E-state index contributed by atoms with van der Waals surface area (Å²) in [6, 6.07) is 17.7. The molecule has 1 amide bonds. The van der Waals surface area contributed by atoms with E-state index in [4.69, 9.17) is 9.15 Å². The third-order valence-corrected chi connectivity index (χ3v) is 6.02. The number of rotatable bonds is 7. The van der Waals surface area contributed by atoms with E-state index in [1.54, 1.807) is 49.3 Å². The number of hydrogen-bond donors (Lipinski definition) is 0. The topological polar surface area (TPSA) is 95.2 Å². The van der Waals surface area contributed by atoms with Gasteiger partial charge in [-0.25, -0.2) is 4.99 Å². The molecule has 1 aromatic heterocycles. The van der Waals surface area contributed by atoms with E-state index in [-0.39, 0.29) is 11.5 Å². The second-order valence-corrected chi connectivity index (χ2v) is 8.32. The van der Waals surface area contributed by atoms with Gasteiger partial charge in [0.05, 0.1) is 29.7 Å². The third kappa shape index (κ3) is 5.08. The van der Waals surface area contributed by atoms with Crippen LogP contribution in [0.1, 0.15) is 21.7 Å².